The maximum atomic E-state index is 11.9. The molecule has 4 heteroatoms. The molecule has 0 bridgehead atoms. The molecule has 1 aromatic heterocycles. The maximum absolute atomic E-state index is 11.9. The predicted octanol–water partition coefficient (Wildman–Crippen LogP) is 4.02. The number of amides is 1. The van der Waals surface area contributed by atoms with Crippen LogP contribution in [0, 0.1) is 3.77 Å². The molecule has 3 rings (SSSR count). The number of nitrogens with one attached hydrogen (secondary N) is 1. The summed E-state index contributed by atoms with van der Waals surface area (Å²) >= 11 is 2.09. The molecule has 0 unspecified atom stereocenters. The van der Waals surface area contributed by atoms with Gasteiger partial charge in [0.2, 0.25) is 5.91 Å². The number of anilines is 1. The van der Waals surface area contributed by atoms with Gasteiger partial charge in [-0.15, -0.1) is 0 Å². The molecular weight excluding hydrogens is 365 g/mol. The quantitative estimate of drug-likeness (QED) is 0.647. The third kappa shape index (κ3) is 3.12. The van der Waals surface area contributed by atoms with E-state index in [2.05, 4.69) is 40.0 Å². The van der Waals surface area contributed by atoms with Crippen LogP contribution in [0.5, 0.6) is 0 Å². The van der Waals surface area contributed by atoms with Crippen molar-refractivity contribution in [3.05, 3.63) is 57.1 Å². The molecule has 0 atom stereocenters. The summed E-state index contributed by atoms with van der Waals surface area (Å²) in [6.07, 6.45) is 6.64. The van der Waals surface area contributed by atoms with Crippen LogP contribution in [0.3, 0.4) is 0 Å². The first-order valence-electron chi connectivity index (χ1n) is 6.57. The molecule has 1 aromatic carbocycles. The Labute approximate surface area is 131 Å². The number of hydrogen-bond donors (Lipinski definition) is 1. The van der Waals surface area contributed by atoms with E-state index >= 15 is 0 Å². The first-order valence-corrected chi connectivity index (χ1v) is 7.65. The molecule has 1 N–H and O–H groups in total. The van der Waals surface area contributed by atoms with Crippen LogP contribution in [0.1, 0.15) is 23.3 Å². The Morgan fingerprint density at radius 3 is 2.85 bits per heavy atom. The molecule has 1 heterocycles. The van der Waals surface area contributed by atoms with Crippen molar-refractivity contribution < 1.29 is 9.21 Å². The monoisotopic (exact) mass is 379 g/mol. The second-order valence-electron chi connectivity index (χ2n) is 4.80. The number of carbonyl (C=O) groups is 1. The van der Waals surface area contributed by atoms with Gasteiger partial charge in [-0.1, -0.05) is 6.07 Å². The van der Waals surface area contributed by atoms with Crippen LogP contribution >= 0.6 is 22.6 Å². The average Bonchev–Trinajstić information content (AvgIpc) is 3.04. The standard InChI is InChI=1S/C16H14INO2/c17-15-8-6-14(20-15)7-9-16(19)18-13-5-4-11-2-1-3-12(11)10-13/h4-10H,1-3H2,(H,18,19)/b9-7+. The van der Waals surface area contributed by atoms with Crippen LogP contribution in [-0.2, 0) is 17.6 Å². The molecule has 0 saturated carbocycles. The van der Waals surface area contributed by atoms with Crippen molar-refractivity contribution in [2.45, 2.75) is 19.3 Å². The highest BCUT2D eigenvalue weighted by Crippen LogP contribution is 2.24. The lowest BCUT2D eigenvalue weighted by molar-refractivity contribution is -0.111. The van der Waals surface area contributed by atoms with E-state index in [1.54, 1.807) is 6.08 Å². The summed E-state index contributed by atoms with van der Waals surface area (Å²) in [5, 5.41) is 2.88. The van der Waals surface area contributed by atoms with Crippen LogP contribution < -0.4 is 5.32 Å². The Hall–Kier alpha value is -1.56. The van der Waals surface area contributed by atoms with Crippen molar-refractivity contribution in [3.8, 4) is 0 Å². The van der Waals surface area contributed by atoms with Gasteiger partial charge in [-0.3, -0.25) is 4.79 Å². The third-order valence-electron chi connectivity index (χ3n) is 3.36. The van der Waals surface area contributed by atoms with E-state index in [1.807, 2.05) is 18.2 Å². The van der Waals surface area contributed by atoms with Gasteiger partial charge in [0, 0.05) is 11.8 Å². The molecular formula is C16H14INO2. The summed E-state index contributed by atoms with van der Waals surface area (Å²) in [7, 11) is 0. The molecule has 0 saturated heterocycles. The smallest absolute Gasteiger partial charge is 0.248 e. The SMILES string of the molecule is O=C(/C=C/c1ccc(I)o1)Nc1ccc2c(c1)CCC2. The summed E-state index contributed by atoms with van der Waals surface area (Å²) in [4.78, 5) is 11.9. The fourth-order valence-corrected chi connectivity index (χ4v) is 2.84. The van der Waals surface area contributed by atoms with Gasteiger partial charge in [-0.25, -0.2) is 0 Å². The van der Waals surface area contributed by atoms with E-state index < -0.39 is 0 Å². The highest BCUT2D eigenvalue weighted by atomic mass is 127. The van der Waals surface area contributed by atoms with E-state index in [0.717, 1.165) is 22.3 Å². The molecule has 0 fully saturated rings. The number of aryl methyl sites for hydroxylation is 2. The molecule has 1 aliphatic rings. The predicted molar refractivity (Wildman–Crippen MR) is 87.6 cm³/mol. The van der Waals surface area contributed by atoms with Crippen molar-refractivity contribution in [2.75, 3.05) is 5.32 Å². The maximum Gasteiger partial charge on any atom is 0.248 e. The van der Waals surface area contributed by atoms with Crippen molar-refractivity contribution in [1.29, 1.82) is 0 Å². The van der Waals surface area contributed by atoms with Gasteiger partial charge in [0.15, 0.2) is 3.77 Å². The van der Waals surface area contributed by atoms with Crippen molar-refractivity contribution in [3.63, 3.8) is 0 Å². The average molecular weight is 379 g/mol. The van der Waals surface area contributed by atoms with Gasteiger partial charge >= 0.3 is 0 Å². The fraction of sp³-hybridized carbons (Fsp3) is 0.188. The van der Waals surface area contributed by atoms with Crippen LogP contribution in [0.15, 0.2) is 40.8 Å². The number of halogens is 1. The first kappa shape index (κ1) is 13.4. The molecule has 0 radical (unpaired) electrons. The van der Waals surface area contributed by atoms with E-state index in [9.17, 15) is 4.79 Å². The molecule has 3 nitrogen and oxygen atoms in total. The lowest BCUT2D eigenvalue weighted by Crippen LogP contribution is -2.07. The highest BCUT2D eigenvalue weighted by Gasteiger charge is 2.11. The summed E-state index contributed by atoms with van der Waals surface area (Å²) in [6, 6.07) is 9.84. The zero-order chi connectivity index (χ0) is 13.9. The number of furan rings is 1. The Balaban J connectivity index is 1.65. The third-order valence-corrected chi connectivity index (χ3v) is 3.94. The second kappa shape index (κ2) is 5.83. The van der Waals surface area contributed by atoms with Gasteiger partial charge in [-0.2, -0.15) is 0 Å². The number of benzene rings is 1. The van der Waals surface area contributed by atoms with Crippen molar-refractivity contribution in [1.82, 2.24) is 0 Å². The lowest BCUT2D eigenvalue weighted by Gasteiger charge is -2.05. The van der Waals surface area contributed by atoms with E-state index in [-0.39, 0.29) is 5.91 Å². The minimum atomic E-state index is -0.144. The first-order chi connectivity index (χ1) is 9.70. The Morgan fingerprint density at radius 2 is 2.05 bits per heavy atom. The zero-order valence-corrected chi connectivity index (χ0v) is 13.0. The molecule has 0 aliphatic heterocycles. The summed E-state index contributed by atoms with van der Waals surface area (Å²) in [5.41, 5.74) is 3.62. The summed E-state index contributed by atoms with van der Waals surface area (Å²) in [6.45, 7) is 0. The van der Waals surface area contributed by atoms with E-state index in [1.165, 1.54) is 23.6 Å². The number of fused-ring (bicyclic) bond motifs is 1. The molecule has 1 amide bonds. The van der Waals surface area contributed by atoms with Crippen LogP contribution in [0.4, 0.5) is 5.69 Å². The van der Waals surface area contributed by atoms with Crippen LogP contribution in [-0.4, -0.2) is 5.91 Å². The molecule has 20 heavy (non-hydrogen) atoms. The Morgan fingerprint density at radius 1 is 1.20 bits per heavy atom. The topological polar surface area (TPSA) is 42.2 Å². The lowest BCUT2D eigenvalue weighted by atomic mass is 10.1. The largest absolute Gasteiger partial charge is 0.451 e. The second-order valence-corrected chi connectivity index (χ2v) is 5.86. The van der Waals surface area contributed by atoms with Gasteiger partial charge in [0.25, 0.3) is 0 Å². The molecule has 2 aromatic rings. The van der Waals surface area contributed by atoms with E-state index in [4.69, 9.17) is 4.42 Å². The van der Waals surface area contributed by atoms with Gasteiger partial charge in [0.05, 0.1) is 0 Å². The van der Waals surface area contributed by atoms with Gasteiger partial charge in [0.1, 0.15) is 5.76 Å². The van der Waals surface area contributed by atoms with Crippen molar-refractivity contribution >= 4 is 40.3 Å². The van der Waals surface area contributed by atoms with Gasteiger partial charge in [-0.05, 0) is 83.3 Å². The molecule has 0 spiro atoms. The summed E-state index contributed by atoms with van der Waals surface area (Å²) < 4.78 is 6.17. The van der Waals surface area contributed by atoms with Gasteiger partial charge < -0.3 is 9.73 Å². The number of rotatable bonds is 3. The van der Waals surface area contributed by atoms with Crippen LogP contribution in [0.2, 0.25) is 0 Å². The number of hydrogen-bond acceptors (Lipinski definition) is 2. The zero-order valence-electron chi connectivity index (χ0n) is 10.9. The number of carbonyl (C=O) groups excluding carboxylic acids is 1. The van der Waals surface area contributed by atoms with Crippen LogP contribution in [0.25, 0.3) is 6.08 Å². The minimum absolute atomic E-state index is 0.144. The normalized spacial score (nSPS) is 13.7. The molecule has 102 valence electrons. The van der Waals surface area contributed by atoms with Crippen molar-refractivity contribution in [2.24, 2.45) is 0 Å². The van der Waals surface area contributed by atoms with E-state index in [0.29, 0.717) is 5.76 Å². The minimum Gasteiger partial charge on any atom is -0.451 e. The fourth-order valence-electron chi connectivity index (χ4n) is 2.41. The summed E-state index contributed by atoms with van der Waals surface area (Å²) in [5.74, 6) is 0.535. The molecule has 1 aliphatic carbocycles. The Bertz CT molecular complexity index is 673. The Kier molecular flexibility index (Phi) is 3.91. The highest BCUT2D eigenvalue weighted by molar-refractivity contribution is 14.1.